The van der Waals surface area contributed by atoms with Gasteiger partial charge in [0.15, 0.2) is 0 Å². The third-order valence-electron chi connectivity index (χ3n) is 4.61. The summed E-state index contributed by atoms with van der Waals surface area (Å²) in [6, 6.07) is 5.21. The molecule has 134 valence electrons. The molecule has 1 aromatic heterocycles. The molecule has 2 N–H and O–H groups in total. The summed E-state index contributed by atoms with van der Waals surface area (Å²) >= 11 is 12.5. The summed E-state index contributed by atoms with van der Waals surface area (Å²) in [4.78, 5) is 16.7. The van der Waals surface area contributed by atoms with Gasteiger partial charge in [0.2, 0.25) is 5.82 Å². The lowest BCUT2D eigenvalue weighted by Gasteiger charge is -2.33. The maximum absolute atomic E-state index is 12.5. The topological polar surface area (TPSA) is 71.8 Å². The van der Waals surface area contributed by atoms with Crippen LogP contribution in [0.15, 0.2) is 18.2 Å². The summed E-state index contributed by atoms with van der Waals surface area (Å²) in [5, 5.41) is 11.5. The van der Waals surface area contributed by atoms with Crippen LogP contribution in [0.1, 0.15) is 36.2 Å². The van der Waals surface area contributed by atoms with Crippen LogP contribution in [0, 0.1) is 12.3 Å². The molecule has 6 nitrogen and oxygen atoms in total. The standard InChI is InChI=1S/C17H21Cl2N5O/c1-11-22-15(16(25)21-10-17(2)6-8-20-9-7-17)23-24(11)14-12(18)4-3-5-13(14)19/h3-5,20H,6-10H2,1-2H3,(H,21,25). The number of benzene rings is 1. The van der Waals surface area contributed by atoms with E-state index in [4.69, 9.17) is 23.2 Å². The Balaban J connectivity index is 1.77. The average molecular weight is 382 g/mol. The maximum Gasteiger partial charge on any atom is 0.291 e. The molecule has 1 saturated heterocycles. The second-order valence-corrected chi connectivity index (χ2v) is 7.52. The number of nitrogens with one attached hydrogen (secondary N) is 2. The zero-order valence-corrected chi connectivity index (χ0v) is 15.8. The summed E-state index contributed by atoms with van der Waals surface area (Å²) in [6.07, 6.45) is 2.06. The van der Waals surface area contributed by atoms with Gasteiger partial charge in [0.1, 0.15) is 11.5 Å². The molecule has 1 aliphatic heterocycles. The lowest BCUT2D eigenvalue weighted by Crippen LogP contribution is -2.43. The number of carbonyl (C=O) groups excluding carboxylic acids is 1. The molecule has 0 saturated carbocycles. The Morgan fingerprint density at radius 2 is 1.96 bits per heavy atom. The first kappa shape index (κ1) is 18.2. The minimum atomic E-state index is -0.287. The summed E-state index contributed by atoms with van der Waals surface area (Å²) in [5.41, 5.74) is 0.630. The van der Waals surface area contributed by atoms with Gasteiger partial charge in [0, 0.05) is 6.54 Å². The third kappa shape index (κ3) is 3.97. The van der Waals surface area contributed by atoms with Gasteiger partial charge in [-0.3, -0.25) is 4.79 Å². The van der Waals surface area contributed by atoms with Gasteiger partial charge in [-0.2, -0.15) is 0 Å². The molecular weight excluding hydrogens is 361 g/mol. The van der Waals surface area contributed by atoms with Crippen molar-refractivity contribution in [3.63, 3.8) is 0 Å². The second kappa shape index (κ2) is 7.32. The van der Waals surface area contributed by atoms with Gasteiger partial charge in [-0.05, 0) is 50.4 Å². The minimum Gasteiger partial charge on any atom is -0.349 e. The van der Waals surface area contributed by atoms with Crippen molar-refractivity contribution in [2.24, 2.45) is 5.41 Å². The van der Waals surface area contributed by atoms with Gasteiger partial charge < -0.3 is 10.6 Å². The molecule has 3 rings (SSSR count). The van der Waals surface area contributed by atoms with E-state index in [2.05, 4.69) is 27.6 Å². The van der Waals surface area contributed by atoms with E-state index in [1.54, 1.807) is 25.1 Å². The smallest absolute Gasteiger partial charge is 0.291 e. The van der Waals surface area contributed by atoms with Crippen LogP contribution in [0.25, 0.3) is 5.69 Å². The van der Waals surface area contributed by atoms with Crippen molar-refractivity contribution in [3.8, 4) is 5.69 Å². The normalized spacial score (nSPS) is 16.6. The lowest BCUT2D eigenvalue weighted by atomic mass is 9.81. The molecule has 0 bridgehead atoms. The number of piperidine rings is 1. The van der Waals surface area contributed by atoms with Crippen molar-refractivity contribution in [2.75, 3.05) is 19.6 Å². The van der Waals surface area contributed by atoms with Crippen molar-refractivity contribution in [1.82, 2.24) is 25.4 Å². The Morgan fingerprint density at radius 3 is 2.60 bits per heavy atom. The SMILES string of the molecule is Cc1nc(C(=O)NCC2(C)CCNCC2)nn1-c1c(Cl)cccc1Cl. The molecule has 0 unspecified atom stereocenters. The van der Waals surface area contributed by atoms with Crippen molar-refractivity contribution in [3.05, 3.63) is 39.9 Å². The Kier molecular flexibility index (Phi) is 5.32. The van der Waals surface area contributed by atoms with E-state index in [-0.39, 0.29) is 17.1 Å². The van der Waals surface area contributed by atoms with Crippen LogP contribution in [0.3, 0.4) is 0 Å². The van der Waals surface area contributed by atoms with E-state index in [9.17, 15) is 4.79 Å². The lowest BCUT2D eigenvalue weighted by molar-refractivity contribution is 0.0912. The third-order valence-corrected chi connectivity index (χ3v) is 5.22. The van der Waals surface area contributed by atoms with Crippen LogP contribution < -0.4 is 10.6 Å². The molecule has 0 atom stereocenters. The highest BCUT2D eigenvalue weighted by atomic mass is 35.5. The van der Waals surface area contributed by atoms with Gasteiger partial charge in [0.25, 0.3) is 5.91 Å². The first-order valence-corrected chi connectivity index (χ1v) is 9.02. The Hall–Kier alpha value is -1.63. The van der Waals surface area contributed by atoms with E-state index in [0.717, 1.165) is 25.9 Å². The van der Waals surface area contributed by atoms with E-state index >= 15 is 0 Å². The van der Waals surface area contributed by atoms with Crippen LogP contribution in [-0.4, -0.2) is 40.3 Å². The number of amides is 1. The fourth-order valence-corrected chi connectivity index (χ4v) is 3.53. The van der Waals surface area contributed by atoms with Gasteiger partial charge >= 0.3 is 0 Å². The molecule has 1 amide bonds. The molecular formula is C17H21Cl2N5O. The number of hydrogen-bond acceptors (Lipinski definition) is 4. The molecule has 0 spiro atoms. The quantitative estimate of drug-likeness (QED) is 0.853. The van der Waals surface area contributed by atoms with Crippen LogP contribution >= 0.6 is 23.2 Å². The van der Waals surface area contributed by atoms with Crippen LogP contribution in [0.2, 0.25) is 10.0 Å². The predicted octanol–water partition coefficient (Wildman–Crippen LogP) is 3.00. The molecule has 8 heteroatoms. The van der Waals surface area contributed by atoms with Crippen LogP contribution in [-0.2, 0) is 0 Å². The Labute approximate surface area is 156 Å². The highest BCUT2D eigenvalue weighted by Gasteiger charge is 2.28. The first-order valence-electron chi connectivity index (χ1n) is 8.27. The summed E-state index contributed by atoms with van der Waals surface area (Å²) < 4.78 is 1.51. The van der Waals surface area contributed by atoms with Gasteiger partial charge in [-0.25, -0.2) is 9.67 Å². The zero-order chi connectivity index (χ0) is 18.0. The minimum absolute atomic E-state index is 0.102. The molecule has 2 heterocycles. The number of carbonyl (C=O) groups is 1. The maximum atomic E-state index is 12.5. The number of para-hydroxylation sites is 1. The molecule has 25 heavy (non-hydrogen) atoms. The van der Waals surface area contributed by atoms with Crippen molar-refractivity contribution in [2.45, 2.75) is 26.7 Å². The number of halogens is 2. The molecule has 1 aromatic carbocycles. The van der Waals surface area contributed by atoms with Crippen molar-refractivity contribution < 1.29 is 4.79 Å². The van der Waals surface area contributed by atoms with E-state index in [0.29, 0.717) is 28.1 Å². The van der Waals surface area contributed by atoms with E-state index < -0.39 is 0 Å². The van der Waals surface area contributed by atoms with Crippen molar-refractivity contribution >= 4 is 29.1 Å². The first-order chi connectivity index (χ1) is 11.9. The average Bonchev–Trinajstić information content (AvgIpc) is 2.95. The summed E-state index contributed by atoms with van der Waals surface area (Å²) in [6.45, 7) is 6.51. The summed E-state index contributed by atoms with van der Waals surface area (Å²) in [5.74, 6) is 0.379. The fraction of sp³-hybridized carbons (Fsp3) is 0.471. The monoisotopic (exact) mass is 381 g/mol. The van der Waals surface area contributed by atoms with Crippen LogP contribution in [0.4, 0.5) is 0 Å². The number of hydrogen-bond donors (Lipinski definition) is 2. The largest absolute Gasteiger partial charge is 0.349 e. The van der Waals surface area contributed by atoms with Crippen LogP contribution in [0.5, 0.6) is 0 Å². The molecule has 1 aliphatic rings. The number of aryl methyl sites for hydroxylation is 1. The number of rotatable bonds is 4. The highest BCUT2D eigenvalue weighted by molar-refractivity contribution is 6.37. The predicted molar refractivity (Wildman–Crippen MR) is 98.7 cm³/mol. The molecule has 1 fully saturated rings. The molecule has 2 aromatic rings. The fourth-order valence-electron chi connectivity index (χ4n) is 2.97. The van der Waals surface area contributed by atoms with Gasteiger partial charge in [-0.15, -0.1) is 5.10 Å². The van der Waals surface area contributed by atoms with Gasteiger partial charge in [0.05, 0.1) is 10.0 Å². The Bertz CT molecular complexity index is 763. The van der Waals surface area contributed by atoms with Crippen molar-refractivity contribution in [1.29, 1.82) is 0 Å². The van der Waals surface area contributed by atoms with Gasteiger partial charge in [-0.1, -0.05) is 36.2 Å². The molecule has 0 aliphatic carbocycles. The van der Waals surface area contributed by atoms with E-state index in [1.807, 2.05) is 0 Å². The van der Waals surface area contributed by atoms with E-state index in [1.165, 1.54) is 4.68 Å². The zero-order valence-electron chi connectivity index (χ0n) is 14.3. The highest BCUT2D eigenvalue weighted by Crippen LogP contribution is 2.29. The number of aromatic nitrogens is 3. The molecule has 0 radical (unpaired) electrons. The second-order valence-electron chi connectivity index (χ2n) is 6.71. The number of nitrogens with zero attached hydrogens (tertiary/aromatic N) is 3. The Morgan fingerprint density at radius 1 is 1.32 bits per heavy atom. The summed E-state index contributed by atoms with van der Waals surface area (Å²) in [7, 11) is 0.